The van der Waals surface area contributed by atoms with Crippen molar-refractivity contribution in [2.75, 3.05) is 0 Å². The van der Waals surface area contributed by atoms with Crippen LogP contribution in [0.15, 0.2) is 136 Å². The Bertz CT molecular complexity index is 1750. The number of halogens is 3. The summed E-state index contributed by atoms with van der Waals surface area (Å²) in [5.74, 6) is 11.0. The predicted octanol–water partition coefficient (Wildman–Crippen LogP) is 10.6. The van der Waals surface area contributed by atoms with E-state index in [2.05, 4.69) is 226 Å². The minimum atomic E-state index is -1.42. The molecule has 295 valence electrons. The third-order valence-corrected chi connectivity index (χ3v) is 22.0. The van der Waals surface area contributed by atoms with Crippen molar-refractivity contribution in [1.29, 1.82) is 0 Å². The zero-order chi connectivity index (χ0) is 38.4. The molecule has 1 saturated heterocycles. The van der Waals surface area contributed by atoms with E-state index in [0.29, 0.717) is 11.3 Å². The van der Waals surface area contributed by atoms with Crippen LogP contribution < -0.4 is 15.9 Å². The largest absolute Gasteiger partial charge is 0 e. The average molecular weight is 1010 g/mol. The topological polar surface area (TPSA) is 0 Å². The molecule has 0 aromatic heterocycles. The van der Waals surface area contributed by atoms with E-state index in [1.54, 1.807) is 27.3 Å². The minimum Gasteiger partial charge on any atom is 0 e. The van der Waals surface area contributed by atoms with Gasteiger partial charge in [0.05, 0.1) is 57.2 Å². The van der Waals surface area contributed by atoms with E-state index >= 15 is 0 Å². The molecule has 0 nitrogen and oxygen atoms in total. The Morgan fingerprint density at radius 2 is 1.11 bits per heavy atom. The number of fused-ring (bicyclic) bond motifs is 5. The van der Waals surface area contributed by atoms with Gasteiger partial charge in [0.25, 0.3) is 0 Å². The van der Waals surface area contributed by atoms with E-state index in [-0.39, 0.29) is 19.5 Å². The summed E-state index contributed by atoms with van der Waals surface area (Å²) in [5, 5.41) is 4.75. The van der Waals surface area contributed by atoms with Crippen molar-refractivity contribution < 1.29 is 61.5 Å². The number of hydrogen-bond acceptors (Lipinski definition) is 0. The van der Waals surface area contributed by atoms with Crippen molar-refractivity contribution in [3.8, 4) is 0 Å². The Morgan fingerprint density at radius 3 is 1.57 bits per heavy atom. The van der Waals surface area contributed by atoms with Crippen LogP contribution in [0.3, 0.4) is 0 Å². The number of rotatable bonds is 4. The van der Waals surface area contributed by atoms with Crippen molar-refractivity contribution in [2.24, 2.45) is 11.3 Å². The maximum atomic E-state index is 4.39. The molecule has 3 aromatic carbocycles. The standard InChI is InChI=1S/C24H26P2.C12H13P.C10H14.3ClH.2Ru/c1-16-15-25(19-11-7-5-8-12-19)23-21-17(2)18(3)22(24(16,23)4)26(21)20-13-9-6-10-14-20;1-10-8-13(9-11(10)2)12-6-4-3-5-7-12;1-8(2)10-6-4-9(3)5-7-10;;;;;/h5-15,21-23H,1-4H3;3-9H,1-2H3;4-8H,1-3H3;3*1H;;/q;;-6;;;;;+3/p+3. The van der Waals surface area contributed by atoms with Gasteiger partial charge in [-0.25, -0.2) is 12.8 Å². The SMILES string of the molecule is CC1=C[PH+](c2ccccc2)C2C3C(C)=C(C)C([PH+]3c3ccccc3)C12C.CC1=C[PH+](c2ccccc2)C=C1C.C[C-]1[CH-][CH-][C-](C(C)C)[CH-][CH-]1.[ClH+][Ru]([ClH+])[ClH+].[Ru]. The van der Waals surface area contributed by atoms with Crippen LogP contribution in [0.1, 0.15) is 62.3 Å². The first kappa shape index (κ1) is 46.7. The number of allylic oxidation sites excluding steroid dienone is 5. The van der Waals surface area contributed by atoms with Gasteiger partial charge in [-0.1, -0.05) is 68.4 Å². The average Bonchev–Trinajstić information content (AvgIpc) is 3.81. The van der Waals surface area contributed by atoms with Crippen LogP contribution in [0, 0.1) is 77.9 Å². The smallest absolute Gasteiger partial charge is 0 e. The van der Waals surface area contributed by atoms with E-state index in [4.69, 9.17) is 0 Å². The molecule has 8 heteroatoms. The van der Waals surface area contributed by atoms with Gasteiger partial charge in [0, 0.05) is 19.5 Å². The molecule has 1 saturated carbocycles. The summed E-state index contributed by atoms with van der Waals surface area (Å²) >= 11 is -1.42. The van der Waals surface area contributed by atoms with Crippen molar-refractivity contribution in [3.05, 3.63) is 174 Å². The molecule has 2 bridgehead atoms. The number of benzene rings is 3. The van der Waals surface area contributed by atoms with Gasteiger partial charge in [-0.15, -0.1) is 0 Å². The summed E-state index contributed by atoms with van der Waals surface area (Å²) in [6.07, 6.45) is 8.71. The zero-order valence-corrected chi connectivity index (χ0v) is 41.9. The Kier molecular flexibility index (Phi) is 18.5. The third-order valence-electron chi connectivity index (χ3n) is 11.7. The van der Waals surface area contributed by atoms with Crippen LogP contribution in [0.2, 0.25) is 0 Å². The monoisotopic (exact) mass is 1010 g/mol. The molecule has 8 rings (SSSR count). The zero-order valence-electron chi connectivity index (χ0n) is 32.9. The van der Waals surface area contributed by atoms with E-state index in [0.717, 1.165) is 17.0 Å². The molecule has 2 fully saturated rings. The molecule has 54 heavy (non-hydrogen) atoms. The van der Waals surface area contributed by atoms with Crippen LogP contribution in [0.25, 0.3) is 0 Å². The first-order chi connectivity index (χ1) is 25.2. The fourth-order valence-electron chi connectivity index (χ4n) is 8.66. The molecule has 0 radical (unpaired) electrons. The summed E-state index contributed by atoms with van der Waals surface area (Å²) < 4.78 is 0. The van der Waals surface area contributed by atoms with Crippen LogP contribution in [0.4, 0.5) is 0 Å². The van der Waals surface area contributed by atoms with Crippen LogP contribution >= 0.6 is 23.8 Å². The fourth-order valence-corrected chi connectivity index (χ4v) is 20.8. The van der Waals surface area contributed by atoms with Crippen molar-refractivity contribution in [2.45, 2.75) is 79.3 Å². The molecule has 6 unspecified atom stereocenters. The molecule has 0 spiro atoms. The third kappa shape index (κ3) is 10.8. The van der Waals surface area contributed by atoms with Gasteiger partial charge >= 0.3 is 42.1 Å². The molecule has 1 aliphatic carbocycles. The van der Waals surface area contributed by atoms with E-state index < -0.39 is 36.7 Å². The van der Waals surface area contributed by atoms with E-state index in [1.807, 2.05) is 0 Å². The summed E-state index contributed by atoms with van der Waals surface area (Å²) in [5.41, 5.74) is 10.8. The van der Waals surface area contributed by atoms with E-state index in [1.165, 1.54) is 28.3 Å². The second kappa shape index (κ2) is 21.3. The van der Waals surface area contributed by atoms with Crippen molar-refractivity contribution >= 4 is 39.7 Å². The van der Waals surface area contributed by atoms with Gasteiger partial charge in [-0.05, 0) is 106 Å². The second-order valence-corrected chi connectivity index (χ2v) is 31.6. The number of hydrogen-bond donors (Lipinski definition) is 0. The van der Waals surface area contributed by atoms with Gasteiger partial charge in [-0.2, -0.15) is 0 Å². The maximum absolute atomic E-state index is 4.39. The molecular formula is C46H59Cl3P3Ru2. The molecule has 3 aromatic rings. The maximum Gasteiger partial charge on any atom is 0 e. The molecular weight excluding hydrogens is 954 g/mol. The van der Waals surface area contributed by atoms with Crippen molar-refractivity contribution in [1.82, 2.24) is 0 Å². The molecule has 6 atom stereocenters. The Hall–Kier alpha value is 0.0268. The summed E-state index contributed by atoms with van der Waals surface area (Å²) in [7, 11) is 11.4. The summed E-state index contributed by atoms with van der Waals surface area (Å²) in [6, 6.07) is 33.7. The summed E-state index contributed by atoms with van der Waals surface area (Å²) in [4.78, 5) is 0. The molecule has 5 aliphatic rings. The first-order valence-corrected chi connectivity index (χ1v) is 30.7. The molecule has 0 amide bonds. The predicted molar refractivity (Wildman–Crippen MR) is 231 cm³/mol. The van der Waals surface area contributed by atoms with Crippen LogP contribution in [-0.2, 0) is 32.5 Å². The van der Waals surface area contributed by atoms with Gasteiger partial charge in [-0.3, -0.25) is 0 Å². The van der Waals surface area contributed by atoms with Crippen LogP contribution in [0.5, 0.6) is 0 Å². The summed E-state index contributed by atoms with van der Waals surface area (Å²) in [6.45, 7) is 20.9. The fraction of sp³-hybridized carbons (Fsp3) is 0.304. The molecule has 4 aliphatic heterocycles. The molecule has 0 N–H and O–H groups in total. The van der Waals surface area contributed by atoms with Gasteiger partial charge < -0.3 is 37.5 Å². The normalized spacial score (nSPS) is 27.6. The van der Waals surface area contributed by atoms with Gasteiger partial charge in [0.2, 0.25) is 0 Å². The van der Waals surface area contributed by atoms with Gasteiger partial charge in [0.1, 0.15) is 22.3 Å². The minimum absolute atomic E-state index is 0. The quantitative estimate of drug-likeness (QED) is 0.106. The first-order valence-electron chi connectivity index (χ1n) is 18.5. The molecule has 4 heterocycles. The second-order valence-electron chi connectivity index (χ2n) is 15.2. The van der Waals surface area contributed by atoms with Crippen molar-refractivity contribution in [3.63, 3.8) is 0 Å². The Balaban J connectivity index is 0.000000194. The Labute approximate surface area is 362 Å². The van der Waals surface area contributed by atoms with Gasteiger partial charge in [0.15, 0.2) is 0 Å². The van der Waals surface area contributed by atoms with E-state index in [9.17, 15) is 0 Å². The van der Waals surface area contributed by atoms with Crippen LogP contribution in [-0.4, -0.2) is 17.0 Å². The Morgan fingerprint density at radius 1 is 0.667 bits per heavy atom.